The second-order valence-corrected chi connectivity index (χ2v) is 12.2. The highest BCUT2D eigenvalue weighted by atomic mass is 32.2. The number of carbonyl (C=O) groups excluding carboxylic acids is 2. The number of hydrogen-bond acceptors (Lipinski definition) is 8. The van der Waals surface area contributed by atoms with Gasteiger partial charge in [-0.1, -0.05) is 0 Å². The van der Waals surface area contributed by atoms with Crippen molar-refractivity contribution >= 4 is 40.4 Å². The normalized spacial score (nSPS) is 15.1. The lowest BCUT2D eigenvalue weighted by atomic mass is 9.98. The summed E-state index contributed by atoms with van der Waals surface area (Å²) in [4.78, 5) is 50.0. The van der Waals surface area contributed by atoms with E-state index in [1.54, 1.807) is 54.9 Å². The van der Waals surface area contributed by atoms with Crippen LogP contribution in [0.4, 0.5) is 17.3 Å². The van der Waals surface area contributed by atoms with Gasteiger partial charge < -0.3 is 23.7 Å². The Morgan fingerprint density at radius 3 is 2.67 bits per heavy atom. The average Bonchev–Trinajstić information content (AvgIpc) is 3.38. The van der Waals surface area contributed by atoms with E-state index in [9.17, 15) is 18.9 Å². The Morgan fingerprint density at radius 2 is 1.93 bits per heavy atom. The molecule has 1 amide bonds. The van der Waals surface area contributed by atoms with E-state index in [0.29, 0.717) is 52.0 Å². The monoisotopic (exact) mass is 600 g/mol. The van der Waals surface area contributed by atoms with Gasteiger partial charge in [0.2, 0.25) is 0 Å². The molecule has 4 aromatic rings. The van der Waals surface area contributed by atoms with Crippen LogP contribution in [0.3, 0.4) is 0 Å². The molecular weight excluding hydrogens is 568 g/mol. The predicted octanol–water partition coefficient (Wildman–Crippen LogP) is 3.73. The largest absolute Gasteiger partial charge is 0.612 e. The molecule has 0 spiro atoms. The minimum Gasteiger partial charge on any atom is -0.612 e. The third-order valence-electron chi connectivity index (χ3n) is 7.95. The molecule has 43 heavy (non-hydrogen) atoms. The molecule has 0 radical (unpaired) electrons. The van der Waals surface area contributed by atoms with E-state index in [1.807, 2.05) is 6.07 Å². The number of rotatable bonds is 7. The lowest BCUT2D eigenvalue weighted by Gasteiger charge is -2.31. The zero-order valence-electron chi connectivity index (χ0n) is 24.3. The fourth-order valence-corrected chi connectivity index (χ4v) is 6.31. The second kappa shape index (κ2) is 11.7. The molecule has 1 aliphatic heterocycles. The van der Waals surface area contributed by atoms with E-state index in [1.165, 1.54) is 28.9 Å². The van der Waals surface area contributed by atoms with Gasteiger partial charge >= 0.3 is 5.97 Å². The maximum atomic E-state index is 13.9. The minimum absolute atomic E-state index is 0.0993. The molecule has 1 N–H and O–H groups in total. The quantitative estimate of drug-likeness (QED) is 0.251. The molecule has 4 aromatic heterocycles. The molecule has 1 atom stereocenters. The van der Waals surface area contributed by atoms with Crippen molar-refractivity contribution in [2.24, 2.45) is 7.05 Å². The molecule has 1 unspecified atom stereocenters. The fourth-order valence-electron chi connectivity index (χ4n) is 5.85. The molecule has 0 aromatic carbocycles. The van der Waals surface area contributed by atoms with Gasteiger partial charge in [-0.25, -0.2) is 9.97 Å². The molecule has 222 valence electrons. The minimum atomic E-state index is -1.17. The molecular formula is C31H32N6O5S. The summed E-state index contributed by atoms with van der Waals surface area (Å²) in [5, 5.41) is 3.07. The summed E-state index contributed by atoms with van der Waals surface area (Å²) in [6.07, 6.45) is 10.6. The maximum absolute atomic E-state index is 13.9. The van der Waals surface area contributed by atoms with Crippen LogP contribution in [0.15, 0.2) is 58.6 Å². The number of hydrogen-bond donors (Lipinski definition) is 1. The first-order valence-electron chi connectivity index (χ1n) is 14.1. The topological polar surface area (TPSA) is 134 Å². The standard InChI is InChI=1S/C31H32N6O5S/c1-19(38)42-18-24-23(21-14-25(30(39)35(2)17-21)34-28-9-8-22(16-33-28)43(3)41)10-11-32-29(24)37-13-12-36-26-7-5-4-6-20(26)15-27(36)31(37)40/h8-11,14-17H,4-7,12-13,18H2,1-3H3,(H,33,34). The fraction of sp³-hybridized carbons (Fsp3) is 0.323. The number of esters is 1. The van der Waals surface area contributed by atoms with Crippen molar-refractivity contribution in [2.45, 2.75) is 50.7 Å². The lowest BCUT2D eigenvalue weighted by Crippen LogP contribution is -2.41. The molecule has 5 heterocycles. The number of anilines is 3. The van der Waals surface area contributed by atoms with E-state index in [-0.39, 0.29) is 23.8 Å². The van der Waals surface area contributed by atoms with Crippen molar-refractivity contribution < 1.29 is 18.9 Å². The number of aryl methyl sites for hydroxylation is 2. The Labute approximate surface area is 251 Å². The summed E-state index contributed by atoms with van der Waals surface area (Å²) >= 11 is -1.17. The summed E-state index contributed by atoms with van der Waals surface area (Å²) in [5.74, 6) is 0.239. The van der Waals surface area contributed by atoms with Crippen LogP contribution in [-0.2, 0) is 53.7 Å². The van der Waals surface area contributed by atoms with Crippen molar-refractivity contribution in [1.82, 2.24) is 19.1 Å². The van der Waals surface area contributed by atoms with E-state index < -0.39 is 17.1 Å². The Bertz CT molecular complexity index is 1780. The van der Waals surface area contributed by atoms with Crippen LogP contribution < -0.4 is 15.8 Å². The van der Waals surface area contributed by atoms with Crippen molar-refractivity contribution in [3.8, 4) is 11.1 Å². The van der Waals surface area contributed by atoms with Crippen LogP contribution in [-0.4, -0.2) is 48.3 Å². The molecule has 6 rings (SSSR count). The second-order valence-electron chi connectivity index (χ2n) is 10.8. The third kappa shape index (κ3) is 5.55. The molecule has 2 aliphatic rings. The zero-order valence-corrected chi connectivity index (χ0v) is 25.1. The Balaban J connectivity index is 1.40. The van der Waals surface area contributed by atoms with Gasteiger partial charge in [-0.05, 0) is 78.3 Å². The van der Waals surface area contributed by atoms with Gasteiger partial charge in [0.1, 0.15) is 35.9 Å². The molecule has 0 saturated heterocycles. The summed E-state index contributed by atoms with van der Waals surface area (Å²) in [7, 11) is 1.64. The van der Waals surface area contributed by atoms with Crippen molar-refractivity contribution in [2.75, 3.05) is 23.0 Å². The van der Waals surface area contributed by atoms with Gasteiger partial charge in [0.25, 0.3) is 11.5 Å². The summed E-state index contributed by atoms with van der Waals surface area (Å²) in [6.45, 7) is 2.32. The van der Waals surface area contributed by atoms with Crippen molar-refractivity contribution in [3.63, 3.8) is 0 Å². The first-order valence-corrected chi connectivity index (χ1v) is 15.7. The predicted molar refractivity (Wildman–Crippen MR) is 163 cm³/mol. The molecule has 12 heteroatoms. The Morgan fingerprint density at radius 1 is 1.12 bits per heavy atom. The van der Waals surface area contributed by atoms with E-state index >= 15 is 0 Å². The highest BCUT2D eigenvalue weighted by molar-refractivity contribution is 7.90. The first kappa shape index (κ1) is 28.7. The van der Waals surface area contributed by atoms with Crippen LogP contribution in [0.2, 0.25) is 0 Å². The van der Waals surface area contributed by atoms with Crippen molar-refractivity contribution in [1.29, 1.82) is 0 Å². The summed E-state index contributed by atoms with van der Waals surface area (Å²) < 4.78 is 20.8. The van der Waals surface area contributed by atoms with Crippen LogP contribution in [0.25, 0.3) is 11.1 Å². The average molecular weight is 601 g/mol. The Hall–Kier alpha value is -4.42. The number of carbonyl (C=O) groups is 2. The van der Waals surface area contributed by atoms with Gasteiger partial charge in [0.05, 0.1) is 6.20 Å². The molecule has 0 bridgehead atoms. The molecule has 0 fully saturated rings. The SMILES string of the molecule is CC(=O)OCc1c(-c2cc(Nc3ccc([S+](C)[O-])cn3)c(=O)n(C)c2)ccnc1N1CCn2c(cc3c2CCCC3)C1=O. The van der Waals surface area contributed by atoms with Gasteiger partial charge in [-0.3, -0.25) is 19.3 Å². The number of nitrogens with zero attached hydrogens (tertiary/aromatic N) is 5. The zero-order chi connectivity index (χ0) is 30.2. The summed E-state index contributed by atoms with van der Waals surface area (Å²) in [6, 6.07) is 8.85. The number of pyridine rings is 3. The van der Waals surface area contributed by atoms with Crippen molar-refractivity contribution in [3.05, 3.63) is 81.8 Å². The highest BCUT2D eigenvalue weighted by Crippen LogP contribution is 2.35. The van der Waals surface area contributed by atoms with Crippen LogP contribution in [0.5, 0.6) is 0 Å². The van der Waals surface area contributed by atoms with E-state index in [4.69, 9.17) is 4.74 Å². The van der Waals surface area contributed by atoms with Gasteiger partial charge in [-0.2, -0.15) is 0 Å². The molecule has 0 saturated carbocycles. The van der Waals surface area contributed by atoms with E-state index in [0.717, 1.165) is 25.7 Å². The number of fused-ring (bicyclic) bond motifs is 3. The molecule has 1 aliphatic carbocycles. The first-order chi connectivity index (χ1) is 20.7. The Kier molecular flexibility index (Phi) is 7.80. The number of amides is 1. The number of ether oxygens (including phenoxy) is 1. The smallest absolute Gasteiger partial charge is 0.302 e. The summed E-state index contributed by atoms with van der Waals surface area (Å²) in [5.41, 5.74) is 5.04. The van der Waals surface area contributed by atoms with Gasteiger partial charge in [-0.15, -0.1) is 0 Å². The number of aromatic nitrogens is 4. The molecule has 11 nitrogen and oxygen atoms in total. The van der Waals surface area contributed by atoms with E-state index in [2.05, 4.69) is 19.9 Å². The highest BCUT2D eigenvalue weighted by Gasteiger charge is 2.32. The van der Waals surface area contributed by atoms with Crippen LogP contribution in [0.1, 0.15) is 47.1 Å². The van der Waals surface area contributed by atoms with Gasteiger partial charge in [0.15, 0.2) is 4.90 Å². The van der Waals surface area contributed by atoms with Gasteiger partial charge in [0, 0.05) is 56.3 Å². The third-order valence-corrected chi connectivity index (χ3v) is 8.86. The van der Waals surface area contributed by atoms with Crippen LogP contribution in [0, 0.1) is 0 Å². The number of nitrogens with one attached hydrogen (secondary N) is 1. The lowest BCUT2D eigenvalue weighted by molar-refractivity contribution is -0.142. The van der Waals surface area contributed by atoms with Crippen LogP contribution >= 0.6 is 0 Å². The maximum Gasteiger partial charge on any atom is 0.302 e.